The first-order valence-corrected chi connectivity index (χ1v) is 16.1. The second-order valence-corrected chi connectivity index (χ2v) is 13.2. The Balaban J connectivity index is 1.37. The van der Waals surface area contributed by atoms with Crippen molar-refractivity contribution in [2.75, 3.05) is 24.5 Å². The maximum atomic E-state index is 13.9. The van der Waals surface area contributed by atoms with Crippen LogP contribution in [0, 0.1) is 6.92 Å². The second-order valence-electron chi connectivity index (χ2n) is 10.3. The molecule has 5 rings (SSSR count). The van der Waals surface area contributed by atoms with Gasteiger partial charge in [-0.1, -0.05) is 88.2 Å². The molecule has 0 saturated carbocycles. The molecule has 4 aromatic carbocycles. The van der Waals surface area contributed by atoms with E-state index in [0.29, 0.717) is 24.4 Å². The van der Waals surface area contributed by atoms with Gasteiger partial charge in [0.05, 0.1) is 23.7 Å². The van der Waals surface area contributed by atoms with Crippen LogP contribution in [-0.2, 0) is 32.6 Å². The van der Waals surface area contributed by atoms with Crippen LogP contribution in [0.25, 0.3) is 0 Å². The third-order valence-electron chi connectivity index (χ3n) is 7.17. The van der Waals surface area contributed by atoms with Gasteiger partial charge < -0.3 is 15.0 Å². The molecule has 0 bridgehead atoms. The zero-order chi connectivity index (χ0) is 30.4. The Labute approximate surface area is 260 Å². The van der Waals surface area contributed by atoms with Crippen molar-refractivity contribution < 1.29 is 22.7 Å². The molecule has 0 saturated heterocycles. The van der Waals surface area contributed by atoms with Crippen molar-refractivity contribution in [2.24, 2.45) is 0 Å². The Morgan fingerprint density at radius 3 is 2.30 bits per heavy atom. The fraction of sp³-hybridized carbons (Fsp3) is 0.212. The molecule has 222 valence electrons. The van der Waals surface area contributed by atoms with Gasteiger partial charge in [0, 0.05) is 17.6 Å². The lowest BCUT2D eigenvalue weighted by Crippen LogP contribution is -2.53. The Kier molecular flexibility index (Phi) is 9.59. The van der Waals surface area contributed by atoms with Crippen LogP contribution < -0.4 is 15.0 Å². The Hall–Kier alpha value is -3.99. The number of sulfonamides is 1. The van der Waals surface area contributed by atoms with Gasteiger partial charge in [-0.2, -0.15) is 4.31 Å². The van der Waals surface area contributed by atoms with Crippen molar-refractivity contribution in [3.63, 3.8) is 0 Å². The topological polar surface area (TPSA) is 96.0 Å². The summed E-state index contributed by atoms with van der Waals surface area (Å²) in [4.78, 5) is 28.6. The van der Waals surface area contributed by atoms with E-state index < -0.39 is 28.6 Å². The van der Waals surface area contributed by atoms with Crippen molar-refractivity contribution >= 4 is 43.5 Å². The molecule has 4 aromatic rings. The van der Waals surface area contributed by atoms with Crippen LogP contribution in [0.3, 0.4) is 0 Å². The van der Waals surface area contributed by atoms with Crippen molar-refractivity contribution in [1.29, 1.82) is 0 Å². The third-order valence-corrected chi connectivity index (χ3v) is 9.50. The van der Waals surface area contributed by atoms with E-state index in [1.165, 1.54) is 21.3 Å². The van der Waals surface area contributed by atoms with Crippen LogP contribution in [0.1, 0.15) is 16.7 Å². The highest BCUT2D eigenvalue weighted by Gasteiger charge is 2.36. The van der Waals surface area contributed by atoms with E-state index in [2.05, 4.69) is 21.2 Å². The van der Waals surface area contributed by atoms with Crippen LogP contribution in [0.15, 0.2) is 112 Å². The van der Waals surface area contributed by atoms with E-state index in [1.807, 2.05) is 61.5 Å². The average Bonchev–Trinajstić information content (AvgIpc) is 3.01. The van der Waals surface area contributed by atoms with Gasteiger partial charge >= 0.3 is 0 Å². The normalized spacial score (nSPS) is 14.6. The number of rotatable bonds is 10. The van der Waals surface area contributed by atoms with Crippen LogP contribution in [0.2, 0.25) is 0 Å². The number of ether oxygens (including phenoxy) is 1. The summed E-state index contributed by atoms with van der Waals surface area (Å²) in [6.07, 6.45) is -0.302. The number of para-hydroxylation sites is 2. The minimum Gasteiger partial charge on any atom is -0.477 e. The van der Waals surface area contributed by atoms with Crippen LogP contribution in [-0.4, -0.2) is 50.3 Å². The van der Waals surface area contributed by atoms with E-state index in [4.69, 9.17) is 4.74 Å². The van der Waals surface area contributed by atoms with E-state index >= 15 is 0 Å². The molecular formula is C33H32BrN3O5S. The number of nitrogens with zero attached hydrogens (tertiary/aromatic N) is 2. The lowest BCUT2D eigenvalue weighted by molar-refractivity contribution is -0.128. The Morgan fingerprint density at radius 2 is 1.58 bits per heavy atom. The molecule has 0 radical (unpaired) electrons. The van der Waals surface area contributed by atoms with Crippen molar-refractivity contribution in [3.8, 4) is 5.75 Å². The number of anilines is 1. The summed E-state index contributed by atoms with van der Waals surface area (Å²) in [5.74, 6) is -0.431. The van der Waals surface area contributed by atoms with Crippen molar-refractivity contribution in [1.82, 2.24) is 9.62 Å². The molecule has 10 heteroatoms. The van der Waals surface area contributed by atoms with Crippen LogP contribution in [0.5, 0.6) is 5.75 Å². The third kappa shape index (κ3) is 7.51. The number of carbonyl (C=O) groups excluding carboxylic acids is 2. The number of amides is 2. The molecule has 1 heterocycles. The van der Waals surface area contributed by atoms with Crippen LogP contribution >= 0.6 is 15.9 Å². The minimum atomic E-state index is -4.05. The predicted octanol–water partition coefficient (Wildman–Crippen LogP) is 5.10. The zero-order valence-electron chi connectivity index (χ0n) is 23.6. The molecule has 0 spiro atoms. The average molecular weight is 663 g/mol. The highest BCUT2D eigenvalue weighted by molar-refractivity contribution is 9.10. The molecule has 0 unspecified atom stereocenters. The lowest BCUT2D eigenvalue weighted by atomic mass is 10.1. The van der Waals surface area contributed by atoms with E-state index in [9.17, 15) is 18.0 Å². The van der Waals surface area contributed by atoms with Crippen LogP contribution in [0.4, 0.5) is 5.69 Å². The lowest BCUT2D eigenvalue weighted by Gasteiger charge is -2.35. The van der Waals surface area contributed by atoms with Gasteiger partial charge in [-0.05, 0) is 60.9 Å². The number of nitrogens with one attached hydrogen (secondary N) is 1. The fourth-order valence-corrected chi connectivity index (χ4v) is 6.45. The summed E-state index contributed by atoms with van der Waals surface area (Å²) < 4.78 is 35.6. The molecule has 1 aliphatic heterocycles. The Morgan fingerprint density at radius 1 is 0.907 bits per heavy atom. The fourth-order valence-electron chi connectivity index (χ4n) is 4.81. The molecule has 0 aromatic heterocycles. The standard InChI is InChI=1S/C33H32BrN3O5S/c1-24-11-13-26(14-12-24)21-36(43(40,41)28-17-15-27(34)16-18-28)23-32(38)37-22-31(42-30-10-6-5-9-29(30)37)33(39)35-20-19-25-7-3-2-4-8-25/h2-18,31H,19-23H2,1H3,(H,35,39)/t31-/m0/s1. The number of hydrogen-bond donors (Lipinski definition) is 1. The molecule has 1 N–H and O–H groups in total. The minimum absolute atomic E-state index is 0.000194. The summed E-state index contributed by atoms with van der Waals surface area (Å²) in [6.45, 7) is 1.88. The molecule has 43 heavy (non-hydrogen) atoms. The largest absolute Gasteiger partial charge is 0.477 e. The SMILES string of the molecule is Cc1ccc(CN(CC(=O)N2C[C@@H](C(=O)NCCc3ccccc3)Oc3ccccc32)S(=O)(=O)c2ccc(Br)cc2)cc1. The number of benzene rings is 4. The monoisotopic (exact) mass is 661 g/mol. The number of halogens is 1. The van der Waals surface area contributed by atoms with Gasteiger partial charge in [-0.3, -0.25) is 9.59 Å². The van der Waals surface area contributed by atoms with Crippen molar-refractivity contribution in [2.45, 2.75) is 30.9 Å². The van der Waals surface area contributed by atoms with Gasteiger partial charge in [0.2, 0.25) is 15.9 Å². The number of aryl methyl sites for hydroxylation is 1. The predicted molar refractivity (Wildman–Crippen MR) is 169 cm³/mol. The second kappa shape index (κ2) is 13.5. The number of carbonyl (C=O) groups is 2. The van der Waals surface area contributed by atoms with Gasteiger partial charge in [0.1, 0.15) is 5.75 Å². The maximum absolute atomic E-state index is 13.9. The first-order chi connectivity index (χ1) is 20.7. The zero-order valence-corrected chi connectivity index (χ0v) is 26.1. The molecule has 0 aliphatic carbocycles. The summed E-state index contributed by atoms with van der Waals surface area (Å²) in [7, 11) is -4.05. The highest BCUT2D eigenvalue weighted by atomic mass is 79.9. The maximum Gasteiger partial charge on any atom is 0.262 e. The van der Waals surface area contributed by atoms with E-state index in [0.717, 1.165) is 21.2 Å². The summed E-state index contributed by atoms with van der Waals surface area (Å²) in [5, 5.41) is 2.91. The Bertz CT molecular complexity index is 1680. The molecule has 1 atom stereocenters. The smallest absolute Gasteiger partial charge is 0.262 e. The summed E-state index contributed by atoms with van der Waals surface area (Å²) in [6, 6.07) is 30.6. The summed E-state index contributed by atoms with van der Waals surface area (Å²) >= 11 is 3.35. The van der Waals surface area contributed by atoms with E-state index in [-0.39, 0.29) is 23.9 Å². The van der Waals surface area contributed by atoms with Gasteiger partial charge in [0.25, 0.3) is 5.91 Å². The van der Waals surface area contributed by atoms with Crippen molar-refractivity contribution in [3.05, 3.63) is 124 Å². The molecule has 8 nitrogen and oxygen atoms in total. The molecule has 2 amide bonds. The van der Waals surface area contributed by atoms with Gasteiger partial charge in [-0.25, -0.2) is 8.42 Å². The first kappa shape index (κ1) is 30.5. The first-order valence-electron chi connectivity index (χ1n) is 13.9. The van der Waals surface area contributed by atoms with Gasteiger partial charge in [-0.15, -0.1) is 0 Å². The number of hydrogen-bond acceptors (Lipinski definition) is 5. The van der Waals surface area contributed by atoms with Gasteiger partial charge in [0.15, 0.2) is 6.10 Å². The molecule has 0 fully saturated rings. The molecular weight excluding hydrogens is 630 g/mol. The molecule has 1 aliphatic rings. The van der Waals surface area contributed by atoms with E-state index in [1.54, 1.807) is 36.4 Å². The quantitative estimate of drug-likeness (QED) is 0.255. The highest BCUT2D eigenvalue weighted by Crippen LogP contribution is 2.34. The number of fused-ring (bicyclic) bond motifs is 1. The summed E-state index contributed by atoms with van der Waals surface area (Å²) in [5.41, 5.74) is 3.37.